The summed E-state index contributed by atoms with van der Waals surface area (Å²) in [5.41, 5.74) is 3.77. The lowest BCUT2D eigenvalue weighted by atomic mass is 10.0. The average molecular weight is 641 g/mol. The molecule has 0 unspecified atom stereocenters. The minimum Gasteiger partial charge on any atom is -0.493 e. The number of ether oxygens (including phenoxy) is 3. The number of pyridine rings is 1. The maximum atomic E-state index is 15.3. The number of methoxy groups -OCH3 is 2. The van der Waals surface area contributed by atoms with Crippen LogP contribution in [0.4, 0.5) is 15.8 Å². The molecule has 5 aromatic rings. The van der Waals surface area contributed by atoms with E-state index in [9.17, 15) is 9.59 Å². The molecule has 0 atom stereocenters. The Hall–Kier alpha value is -5.23. The van der Waals surface area contributed by atoms with Crippen molar-refractivity contribution < 1.29 is 23.4 Å². The molecule has 12 heteroatoms. The number of nitrogens with zero attached hydrogens (tertiary/aromatic N) is 5. The van der Waals surface area contributed by atoms with E-state index in [0.717, 1.165) is 55.4 Å². The fourth-order valence-corrected chi connectivity index (χ4v) is 6.02. The van der Waals surface area contributed by atoms with E-state index >= 15 is 4.39 Å². The van der Waals surface area contributed by atoms with Crippen LogP contribution in [-0.2, 0) is 13.5 Å². The number of carbonyl (C=O) groups excluding carboxylic acids is 1. The number of anilines is 2. The molecule has 1 aliphatic rings. The van der Waals surface area contributed by atoms with Crippen molar-refractivity contribution in [1.82, 2.24) is 19.4 Å². The monoisotopic (exact) mass is 640 g/mol. The standard InChI is InChI=1S/C35H37FN6O5/c1-7-21-14-24-28(18-27(21)42-12-10-40(3)11-13-42)41(4)20(2)32(33(24)43)34(44)39-22-8-9-29(25(36)15-22)47-35-23-16-30(45-5)31(46-6)17-26(23)37-19-38-35/h8-9,14-19H,7,10-13H2,1-6H3,(H,39,44). The zero-order valence-corrected chi connectivity index (χ0v) is 27.3. The normalized spacial score (nSPS) is 13.6. The van der Waals surface area contributed by atoms with Gasteiger partial charge in [0.05, 0.1) is 30.6 Å². The van der Waals surface area contributed by atoms with Gasteiger partial charge in [-0.05, 0) is 56.3 Å². The molecule has 0 radical (unpaired) electrons. The average Bonchev–Trinajstić information content (AvgIpc) is 3.07. The molecule has 1 fully saturated rings. The van der Waals surface area contributed by atoms with Crippen molar-refractivity contribution in [3.05, 3.63) is 81.7 Å². The van der Waals surface area contributed by atoms with E-state index in [1.165, 1.54) is 32.7 Å². The Kier molecular flexibility index (Phi) is 8.69. The number of hydrogen-bond acceptors (Lipinski definition) is 9. The van der Waals surface area contributed by atoms with Crippen molar-refractivity contribution in [2.75, 3.05) is 57.7 Å². The molecule has 1 N–H and O–H groups in total. The van der Waals surface area contributed by atoms with Crippen molar-refractivity contribution in [2.45, 2.75) is 20.3 Å². The third-order valence-electron chi connectivity index (χ3n) is 8.85. The fourth-order valence-electron chi connectivity index (χ4n) is 6.02. The molecule has 244 valence electrons. The van der Waals surface area contributed by atoms with Gasteiger partial charge in [0.2, 0.25) is 11.3 Å². The number of amides is 1. The van der Waals surface area contributed by atoms with Crippen molar-refractivity contribution in [1.29, 1.82) is 0 Å². The summed E-state index contributed by atoms with van der Waals surface area (Å²) in [4.78, 5) is 40.5. The van der Waals surface area contributed by atoms with Crippen LogP contribution in [0.25, 0.3) is 21.8 Å². The molecule has 1 aliphatic heterocycles. The van der Waals surface area contributed by atoms with Crippen LogP contribution in [0.15, 0.2) is 53.6 Å². The van der Waals surface area contributed by atoms with Crippen LogP contribution in [0.1, 0.15) is 28.5 Å². The van der Waals surface area contributed by atoms with Crippen molar-refractivity contribution >= 4 is 39.1 Å². The van der Waals surface area contributed by atoms with Crippen LogP contribution < -0.4 is 29.9 Å². The Bertz CT molecular complexity index is 2070. The van der Waals surface area contributed by atoms with Crippen molar-refractivity contribution in [3.63, 3.8) is 0 Å². The van der Waals surface area contributed by atoms with Crippen LogP contribution in [0, 0.1) is 12.7 Å². The van der Waals surface area contributed by atoms with Gasteiger partial charge in [0.1, 0.15) is 11.9 Å². The number of nitrogens with one attached hydrogen (secondary N) is 1. The van der Waals surface area contributed by atoms with Crippen molar-refractivity contribution in [2.24, 2.45) is 7.05 Å². The highest BCUT2D eigenvalue weighted by Crippen LogP contribution is 2.36. The molecule has 47 heavy (non-hydrogen) atoms. The number of aromatic nitrogens is 3. The molecule has 0 bridgehead atoms. The summed E-state index contributed by atoms with van der Waals surface area (Å²) in [6.45, 7) is 7.55. The van der Waals surface area contributed by atoms with E-state index in [0.29, 0.717) is 33.5 Å². The zero-order valence-electron chi connectivity index (χ0n) is 27.3. The Balaban J connectivity index is 1.28. The van der Waals surface area contributed by atoms with Gasteiger partial charge in [0.25, 0.3) is 5.91 Å². The van der Waals surface area contributed by atoms with Crippen LogP contribution in [0.5, 0.6) is 23.1 Å². The zero-order chi connectivity index (χ0) is 33.4. The first-order valence-electron chi connectivity index (χ1n) is 15.4. The van der Waals surface area contributed by atoms with Crippen LogP contribution >= 0.6 is 0 Å². The van der Waals surface area contributed by atoms with Crippen molar-refractivity contribution in [3.8, 4) is 23.1 Å². The fraction of sp³-hybridized carbons (Fsp3) is 0.314. The summed E-state index contributed by atoms with van der Waals surface area (Å²) in [7, 11) is 6.99. The molecular formula is C35H37FN6O5. The van der Waals surface area contributed by atoms with Gasteiger partial charge in [-0.1, -0.05) is 6.92 Å². The molecule has 11 nitrogen and oxygen atoms in total. The van der Waals surface area contributed by atoms with E-state index in [4.69, 9.17) is 14.2 Å². The van der Waals surface area contributed by atoms with E-state index in [-0.39, 0.29) is 28.3 Å². The number of halogens is 1. The first kappa shape index (κ1) is 31.7. The van der Waals surface area contributed by atoms with E-state index in [1.54, 1.807) is 19.1 Å². The van der Waals surface area contributed by atoms with Gasteiger partial charge in [0.15, 0.2) is 23.1 Å². The molecule has 1 amide bonds. The first-order chi connectivity index (χ1) is 22.6. The predicted molar refractivity (Wildman–Crippen MR) is 180 cm³/mol. The second kappa shape index (κ2) is 12.9. The quantitative estimate of drug-likeness (QED) is 0.241. The van der Waals surface area contributed by atoms with E-state index in [1.807, 2.05) is 17.7 Å². The molecule has 6 rings (SSSR count). The number of carbonyl (C=O) groups is 1. The summed E-state index contributed by atoms with van der Waals surface area (Å²) in [6, 6.07) is 11.3. The van der Waals surface area contributed by atoms with Gasteiger partial charge in [-0.2, -0.15) is 0 Å². The summed E-state index contributed by atoms with van der Waals surface area (Å²) in [6.07, 6.45) is 2.05. The molecule has 0 aliphatic carbocycles. The number of fused-ring (bicyclic) bond motifs is 2. The van der Waals surface area contributed by atoms with Crippen LogP contribution in [0.2, 0.25) is 0 Å². The second-order valence-corrected chi connectivity index (χ2v) is 11.6. The van der Waals surface area contributed by atoms with Gasteiger partial charge in [-0.25, -0.2) is 14.4 Å². The summed E-state index contributed by atoms with van der Waals surface area (Å²) < 4.78 is 33.8. The maximum Gasteiger partial charge on any atom is 0.261 e. The highest BCUT2D eigenvalue weighted by molar-refractivity contribution is 6.07. The summed E-state index contributed by atoms with van der Waals surface area (Å²) in [5.74, 6) is -0.435. The van der Waals surface area contributed by atoms with E-state index in [2.05, 4.69) is 45.1 Å². The number of benzene rings is 3. The van der Waals surface area contributed by atoms with Gasteiger partial charge >= 0.3 is 0 Å². The van der Waals surface area contributed by atoms with Gasteiger partial charge < -0.3 is 33.9 Å². The SMILES string of the molecule is CCc1cc2c(=O)c(C(=O)Nc3ccc(Oc4ncnc5cc(OC)c(OC)cc45)c(F)c3)c(C)n(C)c2cc1N1CCN(C)CC1. The minimum absolute atomic E-state index is 0.00645. The summed E-state index contributed by atoms with van der Waals surface area (Å²) in [5, 5.41) is 3.66. The number of hydrogen-bond donors (Lipinski definition) is 1. The highest BCUT2D eigenvalue weighted by Gasteiger charge is 2.23. The molecule has 3 aromatic carbocycles. The number of likely N-dealkylation sites (N-methyl/N-ethyl adjacent to an activating group) is 1. The third-order valence-corrected chi connectivity index (χ3v) is 8.85. The molecule has 1 saturated heterocycles. The molecule has 3 heterocycles. The number of piperazine rings is 1. The summed E-state index contributed by atoms with van der Waals surface area (Å²) >= 11 is 0. The first-order valence-corrected chi connectivity index (χ1v) is 15.4. The van der Waals surface area contributed by atoms with Crippen LogP contribution in [0.3, 0.4) is 0 Å². The predicted octanol–water partition coefficient (Wildman–Crippen LogP) is 5.31. The molecular weight excluding hydrogens is 603 g/mol. The minimum atomic E-state index is -0.734. The Morgan fingerprint density at radius 2 is 1.66 bits per heavy atom. The molecule has 0 spiro atoms. The van der Waals surface area contributed by atoms with E-state index < -0.39 is 11.7 Å². The van der Waals surface area contributed by atoms with Crippen LogP contribution in [-0.4, -0.2) is 72.8 Å². The lowest BCUT2D eigenvalue weighted by Gasteiger charge is -2.35. The smallest absolute Gasteiger partial charge is 0.261 e. The Morgan fingerprint density at radius 3 is 2.34 bits per heavy atom. The maximum absolute atomic E-state index is 15.3. The lowest BCUT2D eigenvalue weighted by Crippen LogP contribution is -2.44. The Morgan fingerprint density at radius 1 is 0.936 bits per heavy atom. The highest BCUT2D eigenvalue weighted by atomic mass is 19.1. The number of rotatable bonds is 8. The topological polar surface area (TPSA) is 111 Å². The third kappa shape index (κ3) is 5.92. The second-order valence-electron chi connectivity index (χ2n) is 11.6. The Labute approximate surface area is 271 Å². The number of aryl methyl sites for hydroxylation is 2. The van der Waals surface area contributed by atoms with Gasteiger partial charge in [-0.3, -0.25) is 9.59 Å². The largest absolute Gasteiger partial charge is 0.493 e. The van der Waals surface area contributed by atoms with Gasteiger partial charge in [-0.15, -0.1) is 0 Å². The van der Waals surface area contributed by atoms with Gasteiger partial charge in [0, 0.05) is 67.8 Å². The molecule has 0 saturated carbocycles. The lowest BCUT2D eigenvalue weighted by molar-refractivity contribution is 0.102. The molecule has 2 aromatic heterocycles.